The molecule has 0 aliphatic rings. The van der Waals surface area contributed by atoms with Crippen molar-refractivity contribution in [2.24, 2.45) is 0 Å². The lowest BCUT2D eigenvalue weighted by molar-refractivity contribution is -0.146. The molecule has 0 bridgehead atoms. The molecule has 0 fully saturated rings. The highest BCUT2D eigenvalue weighted by Gasteiger charge is 2.24. The summed E-state index contributed by atoms with van der Waals surface area (Å²) in [5.74, 6) is -0.747. The van der Waals surface area contributed by atoms with Gasteiger partial charge in [0.05, 0.1) is 6.61 Å². The van der Waals surface area contributed by atoms with Crippen LogP contribution < -0.4 is 10.6 Å². The van der Waals surface area contributed by atoms with E-state index in [9.17, 15) is 14.4 Å². The van der Waals surface area contributed by atoms with Crippen LogP contribution in [-0.4, -0.2) is 37.4 Å². The van der Waals surface area contributed by atoms with E-state index in [1.165, 1.54) is 0 Å². The number of hydrogen-bond acceptors (Lipinski definition) is 6. The van der Waals surface area contributed by atoms with E-state index >= 15 is 0 Å². The number of alkyl carbamates (subject to hydrolysis) is 1. The van der Waals surface area contributed by atoms with Crippen LogP contribution in [0.4, 0.5) is 15.3 Å². The summed E-state index contributed by atoms with van der Waals surface area (Å²) in [4.78, 5) is 36.0. The Hall–Kier alpha value is -3.26. The molecule has 0 aliphatic carbocycles. The molecular formula is C20H21ClN2O6. The first kappa shape index (κ1) is 22.0. The summed E-state index contributed by atoms with van der Waals surface area (Å²) >= 11 is 5.78. The summed E-state index contributed by atoms with van der Waals surface area (Å²) in [6.45, 7) is 1.32. The van der Waals surface area contributed by atoms with Gasteiger partial charge in [0.15, 0.2) is 6.04 Å². The zero-order chi connectivity index (χ0) is 21.1. The standard InChI is InChI=1S/C20H21ClN2O6/c1-2-27-18(24)17(23-20(26)28-12-14-6-4-3-5-7-14)13-29-19(25)22-16-10-8-15(21)9-11-16/h3-11,17H,2,12-13H2,1H3,(H,22,25)(H,23,26)/t17-/m0/s1. The maximum Gasteiger partial charge on any atom is 0.411 e. The van der Waals surface area contributed by atoms with Crippen molar-refractivity contribution < 1.29 is 28.6 Å². The van der Waals surface area contributed by atoms with Gasteiger partial charge in [0.25, 0.3) is 0 Å². The van der Waals surface area contributed by atoms with Gasteiger partial charge in [-0.05, 0) is 36.8 Å². The second-order valence-electron chi connectivity index (χ2n) is 5.74. The zero-order valence-corrected chi connectivity index (χ0v) is 16.5. The number of benzene rings is 2. The molecule has 1 atom stereocenters. The molecule has 0 spiro atoms. The molecule has 2 aromatic carbocycles. The number of ether oxygens (including phenoxy) is 3. The van der Waals surface area contributed by atoms with Crippen LogP contribution in [0.2, 0.25) is 5.02 Å². The van der Waals surface area contributed by atoms with E-state index in [-0.39, 0.29) is 13.2 Å². The van der Waals surface area contributed by atoms with Crippen molar-refractivity contribution in [3.8, 4) is 0 Å². The normalized spacial score (nSPS) is 11.1. The predicted octanol–water partition coefficient (Wildman–Crippen LogP) is 3.75. The van der Waals surface area contributed by atoms with Crippen molar-refractivity contribution in [2.45, 2.75) is 19.6 Å². The summed E-state index contributed by atoms with van der Waals surface area (Å²) in [7, 11) is 0. The fourth-order valence-corrected chi connectivity index (χ4v) is 2.29. The molecule has 2 N–H and O–H groups in total. The Balaban J connectivity index is 1.86. The van der Waals surface area contributed by atoms with Crippen LogP contribution in [0.15, 0.2) is 54.6 Å². The van der Waals surface area contributed by atoms with E-state index in [0.717, 1.165) is 5.56 Å². The number of anilines is 1. The van der Waals surface area contributed by atoms with Gasteiger partial charge in [-0.25, -0.2) is 14.4 Å². The maximum atomic E-state index is 12.0. The largest absolute Gasteiger partial charge is 0.464 e. The summed E-state index contributed by atoms with van der Waals surface area (Å²) < 4.78 is 15.0. The van der Waals surface area contributed by atoms with Gasteiger partial charge in [-0.3, -0.25) is 5.32 Å². The Labute approximate surface area is 173 Å². The third-order valence-electron chi connectivity index (χ3n) is 3.55. The van der Waals surface area contributed by atoms with Gasteiger partial charge in [0.1, 0.15) is 13.2 Å². The van der Waals surface area contributed by atoms with Crippen LogP contribution in [-0.2, 0) is 25.6 Å². The number of carbonyl (C=O) groups excluding carboxylic acids is 3. The van der Waals surface area contributed by atoms with Crippen molar-refractivity contribution in [1.82, 2.24) is 5.32 Å². The van der Waals surface area contributed by atoms with E-state index in [4.69, 9.17) is 25.8 Å². The van der Waals surface area contributed by atoms with Gasteiger partial charge >= 0.3 is 18.2 Å². The van der Waals surface area contributed by atoms with Gasteiger partial charge in [-0.1, -0.05) is 41.9 Å². The molecular weight excluding hydrogens is 400 g/mol. The Kier molecular flexibility index (Phi) is 8.78. The Bertz CT molecular complexity index is 813. The Morgan fingerprint density at radius 1 is 0.931 bits per heavy atom. The molecule has 154 valence electrons. The van der Waals surface area contributed by atoms with E-state index in [1.54, 1.807) is 43.3 Å². The monoisotopic (exact) mass is 420 g/mol. The molecule has 2 amide bonds. The minimum Gasteiger partial charge on any atom is -0.464 e. The molecule has 0 saturated heterocycles. The lowest BCUT2D eigenvalue weighted by Gasteiger charge is -2.17. The molecule has 0 aliphatic heterocycles. The van der Waals surface area contributed by atoms with Crippen LogP contribution in [0.1, 0.15) is 12.5 Å². The number of hydrogen-bond donors (Lipinski definition) is 2. The molecule has 0 heterocycles. The van der Waals surface area contributed by atoms with Gasteiger partial charge in [0, 0.05) is 10.7 Å². The molecule has 29 heavy (non-hydrogen) atoms. The quantitative estimate of drug-likeness (QED) is 0.498. The molecule has 2 rings (SSSR count). The molecule has 0 aromatic heterocycles. The minimum atomic E-state index is -1.21. The van der Waals surface area contributed by atoms with E-state index in [2.05, 4.69) is 10.6 Å². The van der Waals surface area contributed by atoms with Gasteiger partial charge in [-0.15, -0.1) is 0 Å². The lowest BCUT2D eigenvalue weighted by Crippen LogP contribution is -2.45. The van der Waals surface area contributed by atoms with Crippen molar-refractivity contribution >= 4 is 35.4 Å². The van der Waals surface area contributed by atoms with Crippen molar-refractivity contribution in [3.05, 3.63) is 65.2 Å². The molecule has 9 heteroatoms. The first-order valence-corrected chi connectivity index (χ1v) is 9.19. The molecule has 8 nitrogen and oxygen atoms in total. The molecule has 2 aromatic rings. The Morgan fingerprint density at radius 3 is 2.28 bits per heavy atom. The molecule has 0 unspecified atom stereocenters. The predicted molar refractivity (Wildman–Crippen MR) is 107 cm³/mol. The van der Waals surface area contributed by atoms with Crippen LogP contribution in [0.5, 0.6) is 0 Å². The summed E-state index contributed by atoms with van der Waals surface area (Å²) in [5, 5.41) is 5.34. The van der Waals surface area contributed by atoms with Gasteiger partial charge in [-0.2, -0.15) is 0 Å². The van der Waals surface area contributed by atoms with Gasteiger partial charge in [0.2, 0.25) is 0 Å². The maximum absolute atomic E-state index is 12.0. The average Bonchev–Trinajstić information content (AvgIpc) is 2.72. The number of nitrogens with one attached hydrogen (secondary N) is 2. The zero-order valence-electron chi connectivity index (χ0n) is 15.7. The van der Waals surface area contributed by atoms with Gasteiger partial charge < -0.3 is 19.5 Å². The second kappa shape index (κ2) is 11.6. The first-order valence-electron chi connectivity index (χ1n) is 8.81. The number of rotatable bonds is 8. The second-order valence-corrected chi connectivity index (χ2v) is 6.18. The van der Waals surface area contributed by atoms with Crippen LogP contribution in [0.3, 0.4) is 0 Å². The summed E-state index contributed by atoms with van der Waals surface area (Å²) in [6.07, 6.45) is -1.64. The number of amides is 2. The SMILES string of the molecule is CCOC(=O)[C@H](COC(=O)Nc1ccc(Cl)cc1)NC(=O)OCc1ccccc1. The number of esters is 1. The highest BCUT2D eigenvalue weighted by atomic mass is 35.5. The fraction of sp³-hybridized carbons (Fsp3) is 0.250. The van der Waals surface area contributed by atoms with Crippen molar-refractivity contribution in [2.75, 3.05) is 18.5 Å². The number of halogens is 1. The van der Waals surface area contributed by atoms with E-state index < -0.39 is 30.8 Å². The highest BCUT2D eigenvalue weighted by molar-refractivity contribution is 6.30. The van der Waals surface area contributed by atoms with Crippen molar-refractivity contribution in [3.63, 3.8) is 0 Å². The van der Waals surface area contributed by atoms with E-state index in [1.807, 2.05) is 18.2 Å². The molecule has 0 radical (unpaired) electrons. The topological polar surface area (TPSA) is 103 Å². The fourth-order valence-electron chi connectivity index (χ4n) is 2.16. The summed E-state index contributed by atoms with van der Waals surface area (Å²) in [5.41, 5.74) is 1.25. The third-order valence-corrected chi connectivity index (χ3v) is 3.80. The highest BCUT2D eigenvalue weighted by Crippen LogP contribution is 2.13. The smallest absolute Gasteiger partial charge is 0.411 e. The van der Waals surface area contributed by atoms with E-state index in [0.29, 0.717) is 10.7 Å². The summed E-state index contributed by atoms with van der Waals surface area (Å²) in [6, 6.07) is 14.2. The van der Waals surface area contributed by atoms with Crippen LogP contribution in [0.25, 0.3) is 0 Å². The van der Waals surface area contributed by atoms with Crippen LogP contribution >= 0.6 is 11.6 Å². The first-order chi connectivity index (χ1) is 14.0. The molecule has 0 saturated carbocycles. The Morgan fingerprint density at radius 2 is 1.62 bits per heavy atom. The van der Waals surface area contributed by atoms with Crippen molar-refractivity contribution in [1.29, 1.82) is 0 Å². The average molecular weight is 421 g/mol. The van der Waals surface area contributed by atoms with Crippen LogP contribution in [0, 0.1) is 0 Å². The minimum absolute atomic E-state index is 0.0279. The lowest BCUT2D eigenvalue weighted by atomic mass is 10.2. The third kappa shape index (κ3) is 8.10. The number of carbonyl (C=O) groups is 3.